The third kappa shape index (κ3) is 3.07. The molecular formula is C19H19ClN2O2S. The second-order valence-corrected chi connectivity index (χ2v) is 7.72. The van der Waals surface area contributed by atoms with Crippen molar-refractivity contribution in [1.82, 2.24) is 4.90 Å². The number of carbonyl (C=O) groups is 2. The standard InChI is InChI=1S/C19H19ClN2O2S/c20-15-6-5-13(11-17(15)21-8-2-4-18(21)23)19(24)22-9-1-3-16(22)14-7-10-25-12-14/h5-7,10-12,16H,1-4,8-9H2/t16-/m1/s1. The fraction of sp³-hybridized carbons (Fsp3) is 0.368. The molecule has 0 radical (unpaired) electrons. The Balaban J connectivity index is 1.63. The molecule has 0 spiro atoms. The van der Waals surface area contributed by atoms with Crippen LogP contribution in [0.2, 0.25) is 5.02 Å². The van der Waals surface area contributed by atoms with Gasteiger partial charge in [-0.25, -0.2) is 0 Å². The van der Waals surface area contributed by atoms with Gasteiger partial charge in [0.15, 0.2) is 0 Å². The van der Waals surface area contributed by atoms with E-state index in [1.165, 1.54) is 5.56 Å². The number of thiophene rings is 1. The van der Waals surface area contributed by atoms with Crippen molar-refractivity contribution < 1.29 is 9.59 Å². The highest BCUT2D eigenvalue weighted by Crippen LogP contribution is 2.36. The summed E-state index contributed by atoms with van der Waals surface area (Å²) in [6.07, 6.45) is 3.38. The Bertz CT molecular complexity index is 806. The molecule has 25 heavy (non-hydrogen) atoms. The first-order valence-corrected chi connectivity index (χ1v) is 9.90. The van der Waals surface area contributed by atoms with Crippen LogP contribution in [0.25, 0.3) is 0 Å². The predicted octanol–water partition coefficient (Wildman–Crippen LogP) is 4.51. The lowest BCUT2D eigenvalue weighted by atomic mass is 10.1. The second kappa shape index (κ2) is 6.81. The number of rotatable bonds is 3. The highest BCUT2D eigenvalue weighted by Gasteiger charge is 2.32. The van der Waals surface area contributed by atoms with Gasteiger partial charge in [0.2, 0.25) is 5.91 Å². The molecule has 2 aliphatic heterocycles. The molecular weight excluding hydrogens is 356 g/mol. The van der Waals surface area contributed by atoms with Crippen LogP contribution < -0.4 is 4.90 Å². The number of anilines is 1. The number of benzene rings is 1. The Labute approximate surface area is 156 Å². The summed E-state index contributed by atoms with van der Waals surface area (Å²) in [7, 11) is 0. The molecule has 130 valence electrons. The zero-order valence-corrected chi connectivity index (χ0v) is 15.4. The summed E-state index contributed by atoms with van der Waals surface area (Å²) in [6.45, 7) is 1.43. The van der Waals surface area contributed by atoms with Crippen molar-refractivity contribution in [3.05, 3.63) is 51.2 Å². The van der Waals surface area contributed by atoms with Crippen LogP contribution in [0.4, 0.5) is 5.69 Å². The first-order valence-electron chi connectivity index (χ1n) is 8.58. The zero-order chi connectivity index (χ0) is 17.4. The van der Waals surface area contributed by atoms with Gasteiger partial charge in [0, 0.05) is 25.1 Å². The van der Waals surface area contributed by atoms with E-state index in [0.717, 1.165) is 25.8 Å². The van der Waals surface area contributed by atoms with Gasteiger partial charge in [0.1, 0.15) is 0 Å². The summed E-state index contributed by atoms with van der Waals surface area (Å²) in [6, 6.07) is 7.50. The number of hydrogen-bond acceptors (Lipinski definition) is 3. The summed E-state index contributed by atoms with van der Waals surface area (Å²) in [5.41, 5.74) is 2.46. The highest BCUT2D eigenvalue weighted by molar-refractivity contribution is 7.08. The number of hydrogen-bond donors (Lipinski definition) is 0. The average Bonchev–Trinajstić information content (AvgIpc) is 3.35. The van der Waals surface area contributed by atoms with Crippen LogP contribution in [-0.2, 0) is 4.79 Å². The van der Waals surface area contributed by atoms with Gasteiger partial charge in [-0.15, -0.1) is 0 Å². The van der Waals surface area contributed by atoms with Gasteiger partial charge in [-0.3, -0.25) is 9.59 Å². The topological polar surface area (TPSA) is 40.6 Å². The molecule has 3 heterocycles. The lowest BCUT2D eigenvalue weighted by Crippen LogP contribution is -2.31. The Kier molecular flexibility index (Phi) is 4.52. The van der Waals surface area contributed by atoms with Gasteiger partial charge in [0.05, 0.1) is 16.8 Å². The van der Waals surface area contributed by atoms with Gasteiger partial charge in [-0.2, -0.15) is 11.3 Å². The normalized spacial score (nSPS) is 20.5. The molecule has 1 aromatic carbocycles. The Morgan fingerprint density at radius 3 is 2.80 bits per heavy atom. The van der Waals surface area contributed by atoms with Gasteiger partial charge >= 0.3 is 0 Å². The van der Waals surface area contributed by atoms with Crippen molar-refractivity contribution in [1.29, 1.82) is 0 Å². The van der Waals surface area contributed by atoms with Gasteiger partial charge in [0.25, 0.3) is 5.91 Å². The molecule has 0 unspecified atom stereocenters. The van der Waals surface area contributed by atoms with Gasteiger partial charge < -0.3 is 9.80 Å². The van der Waals surface area contributed by atoms with Crippen LogP contribution in [0.5, 0.6) is 0 Å². The molecule has 6 heteroatoms. The molecule has 2 fully saturated rings. The molecule has 2 amide bonds. The highest BCUT2D eigenvalue weighted by atomic mass is 35.5. The van der Waals surface area contributed by atoms with E-state index in [1.54, 1.807) is 34.4 Å². The Morgan fingerprint density at radius 1 is 1.20 bits per heavy atom. The average molecular weight is 375 g/mol. The minimum absolute atomic E-state index is 0.0123. The van der Waals surface area contributed by atoms with Gasteiger partial charge in [-0.1, -0.05) is 11.6 Å². The van der Waals surface area contributed by atoms with Crippen LogP contribution in [0.15, 0.2) is 35.0 Å². The SMILES string of the molecule is O=C1CCCN1c1cc(C(=O)N2CCC[C@@H]2c2ccsc2)ccc1Cl. The Morgan fingerprint density at radius 2 is 2.08 bits per heavy atom. The number of halogens is 1. The van der Waals surface area contributed by atoms with Crippen molar-refractivity contribution >= 4 is 40.4 Å². The second-order valence-electron chi connectivity index (χ2n) is 6.53. The molecule has 0 N–H and O–H groups in total. The van der Waals surface area contributed by atoms with E-state index in [0.29, 0.717) is 29.2 Å². The van der Waals surface area contributed by atoms with E-state index in [2.05, 4.69) is 16.8 Å². The minimum Gasteiger partial charge on any atom is -0.332 e. The van der Waals surface area contributed by atoms with Crippen molar-refractivity contribution in [2.75, 3.05) is 18.0 Å². The first-order chi connectivity index (χ1) is 12.1. The number of likely N-dealkylation sites (tertiary alicyclic amines) is 1. The molecule has 1 aromatic heterocycles. The van der Waals surface area contributed by atoms with Gasteiger partial charge in [-0.05, 0) is 59.9 Å². The van der Waals surface area contributed by atoms with Crippen molar-refractivity contribution in [2.24, 2.45) is 0 Å². The van der Waals surface area contributed by atoms with Crippen LogP contribution in [0.1, 0.15) is 47.6 Å². The predicted molar refractivity (Wildman–Crippen MR) is 100 cm³/mol. The minimum atomic E-state index is 0.0123. The number of amides is 2. The van der Waals surface area contributed by atoms with Crippen molar-refractivity contribution in [2.45, 2.75) is 31.7 Å². The molecule has 2 aromatic rings. The van der Waals surface area contributed by atoms with Crippen LogP contribution in [0, 0.1) is 0 Å². The molecule has 4 rings (SSSR count). The molecule has 2 saturated heterocycles. The maximum atomic E-state index is 13.1. The maximum Gasteiger partial charge on any atom is 0.254 e. The molecule has 0 bridgehead atoms. The fourth-order valence-corrected chi connectivity index (χ4v) is 4.67. The van der Waals surface area contributed by atoms with Crippen LogP contribution >= 0.6 is 22.9 Å². The van der Waals surface area contributed by atoms with E-state index in [-0.39, 0.29) is 17.9 Å². The summed E-state index contributed by atoms with van der Waals surface area (Å²) >= 11 is 7.96. The number of carbonyl (C=O) groups excluding carboxylic acids is 2. The molecule has 1 atom stereocenters. The van der Waals surface area contributed by atoms with Crippen molar-refractivity contribution in [3.8, 4) is 0 Å². The summed E-state index contributed by atoms with van der Waals surface area (Å²) < 4.78 is 0. The maximum absolute atomic E-state index is 13.1. The molecule has 0 saturated carbocycles. The molecule has 2 aliphatic rings. The first kappa shape index (κ1) is 16.6. The monoisotopic (exact) mass is 374 g/mol. The fourth-order valence-electron chi connectivity index (χ4n) is 3.74. The van der Waals surface area contributed by atoms with Crippen molar-refractivity contribution in [3.63, 3.8) is 0 Å². The van der Waals surface area contributed by atoms with E-state index >= 15 is 0 Å². The van der Waals surface area contributed by atoms with E-state index in [1.807, 2.05) is 4.90 Å². The summed E-state index contributed by atoms with van der Waals surface area (Å²) in [5, 5.41) is 4.69. The lowest BCUT2D eigenvalue weighted by molar-refractivity contribution is -0.117. The smallest absolute Gasteiger partial charge is 0.254 e. The van der Waals surface area contributed by atoms with E-state index in [4.69, 9.17) is 11.6 Å². The lowest BCUT2D eigenvalue weighted by Gasteiger charge is -2.25. The third-order valence-electron chi connectivity index (χ3n) is 5.00. The third-order valence-corrected chi connectivity index (χ3v) is 6.02. The Hall–Kier alpha value is -1.85. The molecule has 4 nitrogen and oxygen atoms in total. The van der Waals surface area contributed by atoms with Crippen LogP contribution in [0.3, 0.4) is 0 Å². The quantitative estimate of drug-likeness (QED) is 0.793. The summed E-state index contributed by atoms with van der Waals surface area (Å²) in [4.78, 5) is 28.8. The molecule has 0 aliphatic carbocycles. The number of nitrogens with zero attached hydrogens (tertiary/aromatic N) is 2. The van der Waals surface area contributed by atoms with E-state index in [9.17, 15) is 9.59 Å². The van der Waals surface area contributed by atoms with Crippen LogP contribution in [-0.4, -0.2) is 29.8 Å². The zero-order valence-electron chi connectivity index (χ0n) is 13.8. The largest absolute Gasteiger partial charge is 0.332 e. The summed E-state index contributed by atoms with van der Waals surface area (Å²) in [5.74, 6) is 0.0853. The van der Waals surface area contributed by atoms with E-state index < -0.39 is 0 Å².